The summed E-state index contributed by atoms with van der Waals surface area (Å²) >= 11 is 0. The lowest BCUT2D eigenvalue weighted by Gasteiger charge is -2.31. The van der Waals surface area contributed by atoms with E-state index >= 15 is 0 Å². The van der Waals surface area contributed by atoms with Gasteiger partial charge in [0.05, 0.1) is 34.0 Å². The Bertz CT molecular complexity index is 586. The zero-order valence-electron chi connectivity index (χ0n) is 22.6. The van der Waals surface area contributed by atoms with Gasteiger partial charge in [0.1, 0.15) is 0 Å². The molecule has 198 valence electrons. The second kappa shape index (κ2) is 18.6. The van der Waals surface area contributed by atoms with E-state index in [1.807, 2.05) is 0 Å². The summed E-state index contributed by atoms with van der Waals surface area (Å²) in [5, 5.41) is 0. The highest BCUT2D eigenvalue weighted by Crippen LogP contribution is 2.21. The molecule has 0 aromatic carbocycles. The van der Waals surface area contributed by atoms with E-state index in [2.05, 4.69) is 13.8 Å². The van der Waals surface area contributed by atoms with Gasteiger partial charge in [0.15, 0.2) is 0 Å². The Balaban J connectivity index is 4.63. The summed E-state index contributed by atoms with van der Waals surface area (Å²) in [4.78, 5) is 12.7. The van der Waals surface area contributed by atoms with Crippen LogP contribution in [0.1, 0.15) is 117 Å². The average Bonchev–Trinajstić information content (AvgIpc) is 2.72. The third kappa shape index (κ3) is 19.3. The Hall–Kier alpha value is -0.660. The Labute approximate surface area is 205 Å². The van der Waals surface area contributed by atoms with E-state index in [0.29, 0.717) is 12.5 Å². The van der Waals surface area contributed by atoms with Gasteiger partial charge in [0.25, 0.3) is 10.1 Å². The molecule has 0 fully saturated rings. The summed E-state index contributed by atoms with van der Waals surface area (Å²) in [6.07, 6.45) is 19.6. The molecule has 0 rings (SSSR count). The molecule has 7 heteroatoms. The molecular weight excluding hydrogens is 438 g/mol. The number of rotatable bonds is 22. The van der Waals surface area contributed by atoms with Gasteiger partial charge in [-0.25, -0.2) is 8.98 Å². The van der Waals surface area contributed by atoms with Crippen molar-refractivity contribution in [3.8, 4) is 0 Å². The first-order valence-corrected chi connectivity index (χ1v) is 15.2. The Morgan fingerprint density at radius 3 is 1.48 bits per heavy atom. The molecule has 0 radical (unpaired) electrons. The third-order valence-corrected chi connectivity index (χ3v) is 6.60. The number of esters is 1. The molecule has 0 heterocycles. The van der Waals surface area contributed by atoms with Crippen molar-refractivity contribution >= 4 is 16.1 Å². The molecule has 0 aliphatic heterocycles. The van der Waals surface area contributed by atoms with E-state index < -0.39 is 22.3 Å². The lowest BCUT2D eigenvalue weighted by atomic mass is 9.94. The van der Waals surface area contributed by atoms with Gasteiger partial charge in [-0.2, -0.15) is 8.42 Å². The summed E-state index contributed by atoms with van der Waals surface area (Å²) < 4.78 is 34.0. The van der Waals surface area contributed by atoms with Crippen molar-refractivity contribution < 1.29 is 26.6 Å². The predicted molar refractivity (Wildman–Crippen MR) is 137 cm³/mol. The molecule has 0 bridgehead atoms. The number of carbonyl (C=O) groups excluding carboxylic acids is 1. The third-order valence-electron chi connectivity index (χ3n) is 6.06. The van der Waals surface area contributed by atoms with Crippen molar-refractivity contribution in [2.75, 3.05) is 34.0 Å². The molecule has 0 amide bonds. The monoisotopic (exact) mass is 492 g/mol. The molecular formula is C26H54NO5S+. The molecule has 0 aliphatic carbocycles. The Kier molecular flexibility index (Phi) is 18.3. The summed E-state index contributed by atoms with van der Waals surface area (Å²) in [6.45, 7) is 4.81. The molecule has 0 aliphatic rings. The standard InChI is InChI=1S/C26H54NO5S/c1-7-9-11-13-15-16-18-20-22-24(21-19-17-14-12-10-8-2)23-31-26(28)25(27(3,4)5)32-33(6,29)30/h24-25H,7-23H2,1-6H3/q+1. The van der Waals surface area contributed by atoms with Gasteiger partial charge in [-0.1, -0.05) is 104 Å². The maximum Gasteiger partial charge on any atom is 0.396 e. The molecule has 6 nitrogen and oxygen atoms in total. The minimum Gasteiger partial charge on any atom is -0.459 e. The number of nitrogens with zero attached hydrogens (tertiary/aromatic N) is 1. The number of hydrogen-bond acceptors (Lipinski definition) is 5. The highest BCUT2D eigenvalue weighted by molar-refractivity contribution is 7.86. The van der Waals surface area contributed by atoms with Crippen molar-refractivity contribution in [3.63, 3.8) is 0 Å². The Morgan fingerprint density at radius 1 is 0.727 bits per heavy atom. The lowest BCUT2D eigenvalue weighted by molar-refractivity contribution is -0.905. The number of carbonyl (C=O) groups is 1. The number of ether oxygens (including phenoxy) is 1. The zero-order chi connectivity index (χ0) is 25.2. The van der Waals surface area contributed by atoms with E-state index in [0.717, 1.165) is 31.9 Å². The molecule has 0 saturated heterocycles. The van der Waals surface area contributed by atoms with Gasteiger partial charge in [-0.3, -0.25) is 4.48 Å². The van der Waals surface area contributed by atoms with Crippen molar-refractivity contribution in [1.29, 1.82) is 0 Å². The van der Waals surface area contributed by atoms with Crippen LogP contribution in [0.25, 0.3) is 0 Å². The van der Waals surface area contributed by atoms with Gasteiger partial charge in [0.2, 0.25) is 0 Å². The van der Waals surface area contributed by atoms with Crippen LogP contribution in [-0.4, -0.2) is 59.1 Å². The summed E-state index contributed by atoms with van der Waals surface area (Å²) in [5.74, 6) is -0.275. The maximum atomic E-state index is 12.7. The van der Waals surface area contributed by atoms with Crippen LogP contribution in [0.4, 0.5) is 0 Å². The molecule has 2 unspecified atom stereocenters. The van der Waals surface area contributed by atoms with Crippen LogP contribution in [0.15, 0.2) is 0 Å². The van der Waals surface area contributed by atoms with E-state index in [9.17, 15) is 13.2 Å². The fourth-order valence-corrected chi connectivity index (χ4v) is 4.68. The summed E-state index contributed by atoms with van der Waals surface area (Å²) in [6, 6.07) is 0. The fourth-order valence-electron chi connectivity index (χ4n) is 4.01. The van der Waals surface area contributed by atoms with Crippen LogP contribution in [-0.2, 0) is 23.8 Å². The smallest absolute Gasteiger partial charge is 0.396 e. The predicted octanol–water partition coefficient (Wildman–Crippen LogP) is 6.44. The van der Waals surface area contributed by atoms with Gasteiger partial charge in [0, 0.05) is 0 Å². The summed E-state index contributed by atoms with van der Waals surface area (Å²) in [5.41, 5.74) is 0. The average molecular weight is 493 g/mol. The SMILES string of the molecule is CCCCCCCCCCC(CCCCCCCC)COC(=O)C(OS(C)(=O)=O)[N+](C)(C)C. The van der Waals surface area contributed by atoms with Crippen LogP contribution in [0, 0.1) is 5.92 Å². The molecule has 0 spiro atoms. The normalized spacial score (nSPS) is 14.2. The van der Waals surface area contributed by atoms with Gasteiger partial charge < -0.3 is 4.74 Å². The van der Waals surface area contributed by atoms with Crippen molar-refractivity contribution in [2.24, 2.45) is 5.92 Å². The van der Waals surface area contributed by atoms with E-state index in [1.165, 1.54) is 77.0 Å². The molecule has 0 saturated carbocycles. The highest BCUT2D eigenvalue weighted by Gasteiger charge is 2.38. The van der Waals surface area contributed by atoms with Gasteiger partial charge in [-0.15, -0.1) is 0 Å². The first kappa shape index (κ1) is 32.3. The van der Waals surface area contributed by atoms with E-state index in [1.54, 1.807) is 21.1 Å². The summed E-state index contributed by atoms with van der Waals surface area (Å²) in [7, 11) is 1.42. The quantitative estimate of drug-likeness (QED) is 0.0572. The Morgan fingerprint density at radius 2 is 1.12 bits per heavy atom. The van der Waals surface area contributed by atoms with Gasteiger partial charge in [-0.05, 0) is 18.8 Å². The first-order valence-electron chi connectivity index (χ1n) is 13.4. The number of quaternary nitrogens is 1. The molecule has 33 heavy (non-hydrogen) atoms. The minimum atomic E-state index is -3.76. The van der Waals surface area contributed by atoms with Crippen LogP contribution in [0.5, 0.6) is 0 Å². The van der Waals surface area contributed by atoms with Crippen LogP contribution in [0.2, 0.25) is 0 Å². The van der Waals surface area contributed by atoms with Crippen molar-refractivity contribution in [1.82, 2.24) is 0 Å². The lowest BCUT2D eigenvalue weighted by Crippen LogP contribution is -2.53. The number of likely N-dealkylation sites (N-methyl/N-ethyl adjacent to an activating group) is 1. The zero-order valence-corrected chi connectivity index (χ0v) is 23.4. The minimum absolute atomic E-state index is 0.0338. The van der Waals surface area contributed by atoms with Gasteiger partial charge >= 0.3 is 12.2 Å². The molecule has 0 aromatic heterocycles. The first-order chi connectivity index (χ1) is 15.5. The van der Waals surface area contributed by atoms with Crippen LogP contribution in [0.3, 0.4) is 0 Å². The maximum absolute atomic E-state index is 12.7. The largest absolute Gasteiger partial charge is 0.459 e. The highest BCUT2D eigenvalue weighted by atomic mass is 32.2. The van der Waals surface area contributed by atoms with Crippen molar-refractivity contribution in [2.45, 2.75) is 123 Å². The molecule has 2 atom stereocenters. The van der Waals surface area contributed by atoms with Crippen LogP contribution >= 0.6 is 0 Å². The fraction of sp³-hybridized carbons (Fsp3) is 0.962. The second-order valence-electron chi connectivity index (χ2n) is 10.6. The number of unbranched alkanes of at least 4 members (excludes halogenated alkanes) is 12. The van der Waals surface area contributed by atoms with E-state index in [4.69, 9.17) is 8.92 Å². The molecule has 0 aromatic rings. The second-order valence-corrected chi connectivity index (χ2v) is 12.2. The molecule has 0 N–H and O–H groups in total. The van der Waals surface area contributed by atoms with Crippen LogP contribution < -0.4 is 0 Å². The number of hydrogen-bond donors (Lipinski definition) is 0. The van der Waals surface area contributed by atoms with Crippen molar-refractivity contribution in [3.05, 3.63) is 0 Å². The van der Waals surface area contributed by atoms with E-state index in [-0.39, 0.29) is 4.48 Å². The topological polar surface area (TPSA) is 69.7 Å².